The van der Waals surface area contributed by atoms with E-state index >= 15 is 0 Å². The van der Waals surface area contributed by atoms with Gasteiger partial charge in [0.15, 0.2) is 29.8 Å². The molecule has 4 fully saturated rings. The van der Waals surface area contributed by atoms with Crippen LogP contribution in [0.1, 0.15) is 49.4 Å². The first kappa shape index (κ1) is 39.2. The molecule has 12 heteroatoms. The number of hydrogen-bond donors (Lipinski definition) is 1. The third-order valence-corrected chi connectivity index (χ3v) is 11.0. The molecule has 4 bridgehead atoms. The van der Waals surface area contributed by atoms with Crippen LogP contribution in [0.3, 0.4) is 0 Å². The van der Waals surface area contributed by atoms with Gasteiger partial charge < -0.3 is 33.9 Å². The van der Waals surface area contributed by atoms with Crippen molar-refractivity contribution in [2.24, 2.45) is 23.7 Å². The second-order valence-corrected chi connectivity index (χ2v) is 14.7. The number of aryl methyl sites for hydroxylation is 2. The molecule has 6 atom stereocenters. The normalized spacial score (nSPS) is 23.6. The smallest absolute Gasteiger partial charge is 0.188 e. The van der Waals surface area contributed by atoms with E-state index in [0.717, 1.165) is 86.1 Å². The van der Waals surface area contributed by atoms with Crippen LogP contribution in [0.15, 0.2) is 73.1 Å². The van der Waals surface area contributed by atoms with Gasteiger partial charge in [-0.05, 0) is 99.2 Å². The molecule has 4 heterocycles. The summed E-state index contributed by atoms with van der Waals surface area (Å²) in [6.07, 6.45) is 8.18. The first-order valence-electron chi connectivity index (χ1n) is 18.4. The van der Waals surface area contributed by atoms with Crippen molar-refractivity contribution in [2.45, 2.75) is 51.7 Å². The predicted molar refractivity (Wildman–Crippen MR) is 202 cm³/mol. The number of aromatic nitrogens is 2. The second-order valence-electron chi connectivity index (χ2n) is 14.7. The van der Waals surface area contributed by atoms with E-state index in [9.17, 15) is 5.11 Å². The third kappa shape index (κ3) is 8.90. The van der Waals surface area contributed by atoms with Crippen LogP contribution in [-0.4, -0.2) is 67.4 Å². The minimum absolute atomic E-state index is 0. The van der Waals surface area contributed by atoms with Crippen molar-refractivity contribution in [1.29, 1.82) is 10.5 Å². The van der Waals surface area contributed by atoms with E-state index in [2.05, 4.69) is 31.9 Å². The molecular formula is C42H48N6O5U. The summed E-state index contributed by atoms with van der Waals surface area (Å²) in [7, 11) is 1.61. The van der Waals surface area contributed by atoms with E-state index in [1.807, 2.05) is 68.4 Å². The molecule has 2 aromatic carbocycles. The number of nitriles is 2. The monoisotopic (exact) mass is 956 g/mol. The summed E-state index contributed by atoms with van der Waals surface area (Å²) in [6.45, 7) is 7.82. The molecule has 0 spiro atoms. The van der Waals surface area contributed by atoms with Crippen LogP contribution in [0.2, 0.25) is 0 Å². The summed E-state index contributed by atoms with van der Waals surface area (Å²) in [4.78, 5) is 13.5. The molecule has 2 aliphatic carbocycles. The van der Waals surface area contributed by atoms with Crippen LogP contribution >= 0.6 is 0 Å². The first-order valence-corrected chi connectivity index (χ1v) is 18.4. The van der Waals surface area contributed by atoms with Crippen molar-refractivity contribution in [3.63, 3.8) is 0 Å². The van der Waals surface area contributed by atoms with Gasteiger partial charge in [-0.3, -0.25) is 0 Å². The minimum atomic E-state index is 0. The zero-order valence-electron chi connectivity index (χ0n) is 31.0. The van der Waals surface area contributed by atoms with E-state index in [1.54, 1.807) is 25.6 Å². The van der Waals surface area contributed by atoms with Gasteiger partial charge in [0.2, 0.25) is 0 Å². The van der Waals surface area contributed by atoms with Gasteiger partial charge in [-0.2, -0.15) is 10.5 Å². The molecular weight excluding hydrogens is 907 g/mol. The van der Waals surface area contributed by atoms with Crippen LogP contribution in [0.5, 0.6) is 23.0 Å². The molecule has 8 rings (SSSR count). The number of ether oxygens (including phenoxy) is 4. The Morgan fingerprint density at radius 2 is 1.15 bits per heavy atom. The molecule has 2 aromatic heterocycles. The van der Waals surface area contributed by atoms with Crippen LogP contribution in [-0.2, 0) is 4.74 Å². The van der Waals surface area contributed by atoms with E-state index in [4.69, 9.17) is 29.5 Å². The maximum absolute atomic E-state index is 10.1. The number of methoxy groups -OCH3 is 1. The minimum Gasteiger partial charge on any atom is -0.504 e. The number of phenols is 1. The molecule has 0 amide bonds. The summed E-state index contributed by atoms with van der Waals surface area (Å²) in [6, 6.07) is 23.3. The summed E-state index contributed by atoms with van der Waals surface area (Å²) >= 11 is 0. The second kappa shape index (κ2) is 17.8. The van der Waals surface area contributed by atoms with Crippen molar-refractivity contribution in [3.05, 3.63) is 95.3 Å². The van der Waals surface area contributed by atoms with Crippen LogP contribution in [0, 0.1) is 91.3 Å². The number of aromatic hydroxyl groups is 1. The Kier molecular flexibility index (Phi) is 12.9. The zero-order valence-corrected chi connectivity index (χ0v) is 35.2. The van der Waals surface area contributed by atoms with Gasteiger partial charge in [-0.25, -0.2) is 9.97 Å². The fourth-order valence-corrected chi connectivity index (χ4v) is 8.35. The molecule has 2 aliphatic heterocycles. The van der Waals surface area contributed by atoms with E-state index < -0.39 is 0 Å². The molecule has 54 heavy (non-hydrogen) atoms. The standard InChI is InChI=1S/C22H25N3O3.C20H21N3O2.U.H2/c1-15-3-7-19(20(9-15)27-14-26-2)28-22-17-5-6-18(22)13-25(12-17)21-8-4-16(10-23)11-24-21;1-13-2-6-18(17(24)8-13)25-20-15-4-5-16(20)12-23(11-15)19-7-3-14(9-21)10-22-19;;/h3-4,7-9,11,17-18,22H,5-6,12-14H2,1-2H3;2-3,6-8,10,15-16,20,24H,4-5,11-12H2,1H3;;1H/t17-,18+,22?;15-,16+,20?;;/i;;;1+2. The largest absolute Gasteiger partial charge is 0.504 e. The first-order chi connectivity index (χ1) is 25.8. The fourth-order valence-electron chi connectivity index (χ4n) is 8.35. The van der Waals surface area contributed by atoms with E-state index in [1.165, 1.54) is 0 Å². The average molecular weight is 957 g/mol. The summed E-state index contributed by atoms with van der Waals surface area (Å²) in [5.41, 5.74) is 3.32. The van der Waals surface area contributed by atoms with Gasteiger partial charge >= 0.3 is 0 Å². The Bertz CT molecular complexity index is 1950. The molecule has 4 aliphatic rings. The van der Waals surface area contributed by atoms with Crippen LogP contribution in [0.25, 0.3) is 0 Å². The van der Waals surface area contributed by atoms with Crippen LogP contribution in [0.4, 0.5) is 11.6 Å². The van der Waals surface area contributed by atoms with Crippen LogP contribution < -0.4 is 24.0 Å². The van der Waals surface area contributed by atoms with Crippen molar-refractivity contribution in [3.8, 4) is 35.1 Å². The molecule has 2 saturated carbocycles. The zero-order chi connectivity index (χ0) is 36.9. The summed E-state index contributed by atoms with van der Waals surface area (Å²) in [5.74, 6) is 5.94. The fraction of sp³-hybridized carbons (Fsp3) is 0.429. The van der Waals surface area contributed by atoms with Gasteiger partial charge in [0.05, 0.1) is 11.1 Å². The van der Waals surface area contributed by atoms with Crippen molar-refractivity contribution < 1.29 is 56.6 Å². The van der Waals surface area contributed by atoms with Gasteiger partial charge in [-0.15, -0.1) is 0 Å². The number of phenolic OH excluding ortho intramolecular Hbond substituents is 1. The summed E-state index contributed by atoms with van der Waals surface area (Å²) < 4.78 is 23.5. The predicted octanol–water partition coefficient (Wildman–Crippen LogP) is 7.05. The quantitative estimate of drug-likeness (QED) is 0.173. The molecule has 11 nitrogen and oxygen atoms in total. The van der Waals surface area contributed by atoms with Gasteiger partial charge in [0, 0.05) is 102 Å². The summed E-state index contributed by atoms with van der Waals surface area (Å²) in [5, 5.41) is 28.0. The van der Waals surface area contributed by atoms with Crippen molar-refractivity contribution >= 4 is 11.6 Å². The Hall–Kier alpha value is -4.47. The topological polar surface area (TPSA) is 137 Å². The van der Waals surface area contributed by atoms with Crippen molar-refractivity contribution in [2.75, 3.05) is 49.9 Å². The maximum Gasteiger partial charge on any atom is 0.188 e. The number of hydrogen-bond acceptors (Lipinski definition) is 11. The third-order valence-electron chi connectivity index (χ3n) is 11.0. The molecule has 2 unspecified atom stereocenters. The van der Waals surface area contributed by atoms with E-state index in [-0.39, 0.29) is 57.3 Å². The molecule has 4 aromatic rings. The number of benzene rings is 2. The molecule has 2 saturated heterocycles. The Balaban J connectivity index is 0.000000205. The van der Waals surface area contributed by atoms with Gasteiger partial charge in [0.1, 0.15) is 36.0 Å². The van der Waals surface area contributed by atoms with Gasteiger partial charge in [-0.1, -0.05) is 12.1 Å². The SMILES string of the molecule is COCOc1cc(C)ccc1OC1[C@@H]2CC[C@H]1CN(c1ccc(C#N)cn1)C2.Cc1ccc(OC2[C@@H]3CC[C@H]2CN(c2ccc(C#N)cn2)C3)c(O)c1.[3HH].[U]. The maximum atomic E-state index is 10.1. The molecule has 280 valence electrons. The Morgan fingerprint density at radius 1 is 0.685 bits per heavy atom. The molecule has 0 radical (unpaired) electrons. The molecule has 1 N–H and O–H groups in total. The Labute approximate surface area is 342 Å². The number of nitrogens with zero attached hydrogens (tertiary/aromatic N) is 6. The average Bonchev–Trinajstić information content (AvgIpc) is 3.53. The Morgan fingerprint density at radius 3 is 1.57 bits per heavy atom. The van der Waals surface area contributed by atoms with Crippen molar-refractivity contribution in [1.82, 2.24) is 9.97 Å². The number of pyridine rings is 2. The van der Waals surface area contributed by atoms with E-state index in [0.29, 0.717) is 40.5 Å². The number of rotatable bonds is 9. The van der Waals surface area contributed by atoms with Gasteiger partial charge in [0.25, 0.3) is 0 Å². The number of piperidine rings is 2. The number of fused-ring (bicyclic) bond motifs is 4. The number of anilines is 2.